The Labute approximate surface area is 131 Å². The van der Waals surface area contributed by atoms with E-state index >= 15 is 0 Å². The molecule has 4 aromatic rings. The molecule has 4 rings (SSSR count). The third-order valence-corrected chi connectivity index (χ3v) is 3.71. The number of methoxy groups -OCH3 is 1. The molecule has 0 aliphatic rings. The van der Waals surface area contributed by atoms with Gasteiger partial charge in [-0.05, 0) is 30.3 Å². The molecule has 0 aliphatic heterocycles. The van der Waals surface area contributed by atoms with Crippen LogP contribution < -0.4 is 0 Å². The highest BCUT2D eigenvalue weighted by Crippen LogP contribution is 2.27. The lowest BCUT2D eigenvalue weighted by molar-refractivity contribution is 0.181. The van der Waals surface area contributed by atoms with E-state index in [0.717, 1.165) is 38.9 Å². The van der Waals surface area contributed by atoms with E-state index in [0.29, 0.717) is 6.61 Å². The SMILES string of the molecule is COCc1cc2[nH]c3nc(-c4ccc(F)nc4)ccc3c2cn1. The first-order valence-electron chi connectivity index (χ1n) is 7.13. The maximum absolute atomic E-state index is 12.9. The molecular formula is C17H13FN4O. The molecule has 0 saturated carbocycles. The zero-order valence-corrected chi connectivity index (χ0v) is 12.4. The molecule has 0 atom stereocenters. The molecular weight excluding hydrogens is 295 g/mol. The van der Waals surface area contributed by atoms with Crippen LogP contribution in [-0.4, -0.2) is 27.0 Å². The van der Waals surface area contributed by atoms with Gasteiger partial charge in [-0.15, -0.1) is 0 Å². The van der Waals surface area contributed by atoms with E-state index in [4.69, 9.17) is 4.74 Å². The number of pyridine rings is 3. The Morgan fingerprint density at radius 1 is 1.09 bits per heavy atom. The minimum atomic E-state index is -0.503. The third kappa shape index (κ3) is 2.43. The molecule has 114 valence electrons. The summed E-state index contributed by atoms with van der Waals surface area (Å²) in [7, 11) is 1.64. The summed E-state index contributed by atoms with van der Waals surface area (Å²) in [5.74, 6) is -0.503. The van der Waals surface area contributed by atoms with Crippen LogP contribution in [0.15, 0.2) is 42.7 Å². The number of hydrogen-bond donors (Lipinski definition) is 1. The highest BCUT2D eigenvalue weighted by atomic mass is 19.1. The lowest BCUT2D eigenvalue weighted by atomic mass is 10.1. The largest absolute Gasteiger partial charge is 0.378 e. The predicted molar refractivity (Wildman–Crippen MR) is 85.3 cm³/mol. The summed E-state index contributed by atoms with van der Waals surface area (Å²) in [6.45, 7) is 0.464. The number of rotatable bonds is 3. The van der Waals surface area contributed by atoms with Crippen molar-refractivity contribution in [1.82, 2.24) is 19.9 Å². The Kier molecular flexibility index (Phi) is 3.24. The van der Waals surface area contributed by atoms with Gasteiger partial charge in [0, 0.05) is 35.8 Å². The van der Waals surface area contributed by atoms with Crippen molar-refractivity contribution in [2.45, 2.75) is 6.61 Å². The van der Waals surface area contributed by atoms with Crippen LogP contribution in [0.1, 0.15) is 5.69 Å². The van der Waals surface area contributed by atoms with Crippen LogP contribution in [0.25, 0.3) is 33.2 Å². The Morgan fingerprint density at radius 2 is 2.00 bits per heavy atom. The number of nitrogens with zero attached hydrogens (tertiary/aromatic N) is 3. The van der Waals surface area contributed by atoms with E-state index in [1.165, 1.54) is 12.3 Å². The molecule has 4 aromatic heterocycles. The third-order valence-electron chi connectivity index (χ3n) is 3.71. The number of halogens is 1. The summed E-state index contributed by atoms with van der Waals surface area (Å²) in [4.78, 5) is 16.0. The normalized spacial score (nSPS) is 11.4. The zero-order valence-electron chi connectivity index (χ0n) is 12.4. The maximum Gasteiger partial charge on any atom is 0.212 e. The van der Waals surface area contributed by atoms with Crippen LogP contribution in [0.4, 0.5) is 4.39 Å². The number of aromatic nitrogens is 4. The van der Waals surface area contributed by atoms with Gasteiger partial charge in [0.05, 0.1) is 23.5 Å². The number of ether oxygens (including phenoxy) is 1. The second-order valence-electron chi connectivity index (χ2n) is 5.24. The van der Waals surface area contributed by atoms with Crippen molar-refractivity contribution in [3.63, 3.8) is 0 Å². The Balaban J connectivity index is 1.85. The van der Waals surface area contributed by atoms with Crippen molar-refractivity contribution in [2.24, 2.45) is 0 Å². The fourth-order valence-electron chi connectivity index (χ4n) is 2.63. The lowest BCUT2D eigenvalue weighted by Gasteiger charge is -2.00. The van der Waals surface area contributed by atoms with Gasteiger partial charge in [0.15, 0.2) is 0 Å². The molecule has 0 amide bonds. The van der Waals surface area contributed by atoms with Gasteiger partial charge in [-0.25, -0.2) is 9.97 Å². The molecule has 0 aliphatic carbocycles. The van der Waals surface area contributed by atoms with Crippen LogP contribution in [0.3, 0.4) is 0 Å². The minimum absolute atomic E-state index is 0.464. The number of aromatic amines is 1. The molecule has 0 fully saturated rings. The van der Waals surface area contributed by atoms with Crippen LogP contribution in [0, 0.1) is 5.95 Å². The standard InChI is InChI=1S/C17H13FN4O/c1-23-9-11-6-15-13(8-19-11)12-3-4-14(21-17(12)22-15)10-2-5-16(18)20-7-10/h2-8H,9H2,1H3,(H,21,22). The lowest BCUT2D eigenvalue weighted by Crippen LogP contribution is -1.90. The second-order valence-corrected chi connectivity index (χ2v) is 5.24. The number of H-pyrrole nitrogens is 1. The van der Waals surface area contributed by atoms with E-state index in [2.05, 4.69) is 19.9 Å². The fourth-order valence-corrected chi connectivity index (χ4v) is 2.63. The molecule has 1 N–H and O–H groups in total. The minimum Gasteiger partial charge on any atom is -0.378 e. The smallest absolute Gasteiger partial charge is 0.212 e. The summed E-state index contributed by atoms with van der Waals surface area (Å²) >= 11 is 0. The van der Waals surface area contributed by atoms with Crippen LogP contribution in [0.2, 0.25) is 0 Å². The first-order chi connectivity index (χ1) is 11.2. The number of fused-ring (bicyclic) bond motifs is 3. The molecule has 5 nitrogen and oxygen atoms in total. The molecule has 6 heteroatoms. The van der Waals surface area contributed by atoms with Gasteiger partial charge in [-0.2, -0.15) is 4.39 Å². The molecule has 0 unspecified atom stereocenters. The zero-order chi connectivity index (χ0) is 15.8. The van der Waals surface area contributed by atoms with Crippen molar-refractivity contribution >= 4 is 21.9 Å². The summed E-state index contributed by atoms with van der Waals surface area (Å²) in [5.41, 5.74) is 4.09. The number of hydrogen-bond acceptors (Lipinski definition) is 4. The van der Waals surface area contributed by atoms with Gasteiger partial charge in [0.25, 0.3) is 0 Å². The Bertz CT molecular complexity index is 995. The summed E-state index contributed by atoms with van der Waals surface area (Å²) in [6.07, 6.45) is 3.30. The van der Waals surface area contributed by atoms with Crippen LogP contribution in [0.5, 0.6) is 0 Å². The van der Waals surface area contributed by atoms with Crippen LogP contribution in [-0.2, 0) is 11.3 Å². The summed E-state index contributed by atoms with van der Waals surface area (Å²) < 4.78 is 18.0. The maximum atomic E-state index is 12.9. The highest BCUT2D eigenvalue weighted by Gasteiger charge is 2.09. The molecule has 4 heterocycles. The van der Waals surface area contributed by atoms with Crippen molar-refractivity contribution in [3.8, 4) is 11.3 Å². The molecule has 0 aromatic carbocycles. The van der Waals surface area contributed by atoms with Gasteiger partial charge in [-0.1, -0.05) is 0 Å². The molecule has 0 spiro atoms. The fraction of sp³-hybridized carbons (Fsp3) is 0.118. The van der Waals surface area contributed by atoms with Crippen LogP contribution >= 0.6 is 0 Å². The first kappa shape index (κ1) is 13.8. The van der Waals surface area contributed by atoms with E-state index in [1.807, 2.05) is 24.4 Å². The van der Waals surface area contributed by atoms with Gasteiger partial charge in [0.1, 0.15) is 5.65 Å². The van der Waals surface area contributed by atoms with E-state index in [9.17, 15) is 4.39 Å². The van der Waals surface area contributed by atoms with Crippen molar-refractivity contribution in [2.75, 3.05) is 7.11 Å². The highest BCUT2D eigenvalue weighted by molar-refractivity contribution is 6.05. The predicted octanol–water partition coefficient (Wildman–Crippen LogP) is 3.46. The van der Waals surface area contributed by atoms with Gasteiger partial charge in [-0.3, -0.25) is 4.98 Å². The van der Waals surface area contributed by atoms with Gasteiger partial charge in [0.2, 0.25) is 5.95 Å². The molecule has 0 saturated heterocycles. The van der Waals surface area contributed by atoms with Gasteiger partial charge < -0.3 is 9.72 Å². The van der Waals surface area contributed by atoms with Crippen molar-refractivity contribution in [1.29, 1.82) is 0 Å². The first-order valence-corrected chi connectivity index (χ1v) is 7.13. The van der Waals surface area contributed by atoms with Crippen molar-refractivity contribution < 1.29 is 9.13 Å². The summed E-state index contributed by atoms with van der Waals surface area (Å²) in [6, 6.07) is 8.83. The average Bonchev–Trinajstić information content (AvgIpc) is 2.92. The molecule has 0 bridgehead atoms. The van der Waals surface area contributed by atoms with Crippen molar-refractivity contribution in [3.05, 3.63) is 54.4 Å². The Hall–Kier alpha value is -2.86. The quantitative estimate of drug-likeness (QED) is 0.589. The van der Waals surface area contributed by atoms with E-state index < -0.39 is 5.95 Å². The van der Waals surface area contributed by atoms with Gasteiger partial charge >= 0.3 is 0 Å². The second kappa shape index (κ2) is 5.40. The van der Waals surface area contributed by atoms with E-state index in [1.54, 1.807) is 13.2 Å². The average molecular weight is 308 g/mol. The monoisotopic (exact) mass is 308 g/mol. The molecule has 23 heavy (non-hydrogen) atoms. The van der Waals surface area contributed by atoms with E-state index in [-0.39, 0.29) is 0 Å². The Morgan fingerprint density at radius 3 is 2.78 bits per heavy atom. The number of nitrogens with one attached hydrogen (secondary N) is 1. The molecule has 0 radical (unpaired) electrons. The summed E-state index contributed by atoms with van der Waals surface area (Å²) in [5, 5.41) is 2.01. The topological polar surface area (TPSA) is 63.7 Å².